The third kappa shape index (κ3) is 51.6. The highest BCUT2D eigenvalue weighted by molar-refractivity contribution is 7.45. The summed E-state index contributed by atoms with van der Waals surface area (Å²) in [5.41, 5.74) is 0. The first-order valence-electron chi connectivity index (χ1n) is 28.6. The summed E-state index contributed by atoms with van der Waals surface area (Å²) < 4.78 is 30.2. The van der Waals surface area contributed by atoms with Crippen LogP contribution in [0.2, 0.25) is 0 Å². The molecule has 408 valence electrons. The van der Waals surface area contributed by atoms with Gasteiger partial charge >= 0.3 is 5.97 Å². The van der Waals surface area contributed by atoms with Crippen molar-refractivity contribution in [1.29, 1.82) is 0 Å². The smallest absolute Gasteiger partial charge is 0.306 e. The first kappa shape index (κ1) is 67.9. The van der Waals surface area contributed by atoms with Crippen LogP contribution in [-0.2, 0) is 27.9 Å². The lowest BCUT2D eigenvalue weighted by atomic mass is 10.0. The summed E-state index contributed by atoms with van der Waals surface area (Å²) in [5, 5.41) is 2.98. The van der Waals surface area contributed by atoms with Gasteiger partial charge in [0, 0.05) is 12.8 Å². The molecule has 0 aromatic carbocycles. The van der Waals surface area contributed by atoms with E-state index in [1.807, 2.05) is 33.3 Å². The van der Waals surface area contributed by atoms with Crippen LogP contribution in [0.5, 0.6) is 0 Å². The molecule has 0 heterocycles. The summed E-state index contributed by atoms with van der Waals surface area (Å²) in [6.45, 7) is 6.62. The summed E-state index contributed by atoms with van der Waals surface area (Å²) in [4.78, 5) is 39.8. The molecule has 1 amide bonds. The van der Waals surface area contributed by atoms with E-state index in [1.54, 1.807) is 0 Å². The fraction of sp³-hybridized carbons (Fsp3) is 0.705. The van der Waals surface area contributed by atoms with Gasteiger partial charge in [-0.1, -0.05) is 221 Å². The minimum absolute atomic E-state index is 0.0390. The second-order valence-electron chi connectivity index (χ2n) is 20.1. The molecule has 0 saturated heterocycles. The number of nitrogens with zero attached hydrogens (tertiary/aromatic N) is 1. The maximum Gasteiger partial charge on any atom is 0.306 e. The first-order valence-corrected chi connectivity index (χ1v) is 30.0. The topological polar surface area (TPSA) is 114 Å². The van der Waals surface area contributed by atoms with Crippen LogP contribution in [0.15, 0.2) is 97.2 Å². The van der Waals surface area contributed by atoms with Crippen molar-refractivity contribution in [2.75, 3.05) is 40.9 Å². The fourth-order valence-corrected chi connectivity index (χ4v) is 8.35. The van der Waals surface area contributed by atoms with Crippen LogP contribution in [0.3, 0.4) is 0 Å². The highest BCUT2D eigenvalue weighted by Gasteiger charge is 2.27. The Hall–Kier alpha value is -3.07. The molecule has 0 fully saturated rings. The van der Waals surface area contributed by atoms with Gasteiger partial charge in [-0.25, -0.2) is 0 Å². The van der Waals surface area contributed by atoms with E-state index in [-0.39, 0.29) is 31.3 Å². The maximum atomic E-state index is 13.5. The second-order valence-corrected chi connectivity index (χ2v) is 21.5. The summed E-state index contributed by atoms with van der Waals surface area (Å²) in [7, 11) is 1.13. The number of hydrogen-bond donors (Lipinski definition) is 1. The summed E-state index contributed by atoms with van der Waals surface area (Å²) in [6.07, 6.45) is 66.6. The normalized spacial score (nSPS) is 14.5. The number of carbonyl (C=O) groups excluding carboxylic acids is 2. The van der Waals surface area contributed by atoms with Gasteiger partial charge in [-0.15, -0.1) is 0 Å². The van der Waals surface area contributed by atoms with E-state index < -0.39 is 26.6 Å². The number of quaternary nitrogens is 1. The molecule has 0 aliphatic rings. The van der Waals surface area contributed by atoms with Crippen molar-refractivity contribution < 1.29 is 37.3 Å². The number of allylic oxidation sites excluding steroid dienone is 15. The number of amides is 1. The van der Waals surface area contributed by atoms with E-state index in [0.717, 1.165) is 77.0 Å². The van der Waals surface area contributed by atoms with Crippen LogP contribution in [0, 0.1) is 0 Å². The molecule has 0 aromatic rings. The SMILES string of the molecule is CC/C=C/C=C/C=C/CCCCCCCCCC(=O)OC(/C=C/CCCCCCCCCCCCC)C(COP(=O)([O-])OCC[N+](C)(C)C)NC(=O)CCC/C=C\C/C=C\C/C=C\C/C=C\CCCCC. The molecule has 0 bridgehead atoms. The standard InChI is InChI=1S/C61H107N2O7P/c1-7-10-13-16-19-22-25-28-30-31-33-35-38-41-44-47-50-53-60(64)62-58(57-69-71(66,67)68-56-55-63(4,5)6)59(52-49-46-43-40-37-34-27-24-21-18-15-12-9-3)70-61(65)54-51-48-45-42-39-36-32-29-26-23-20-17-14-11-8-2/h11,14,17,19-20,22-23,26,28,30,33,35,41,44,49,52,58-59H,7-10,12-13,15-16,18,21,24-25,27,29,31-32,34,36-40,42-43,45-48,50-51,53-57H2,1-6H3,(H-,62,64,66,67)/b14-11+,20-17+,22-19-,26-23+,30-28-,35-33-,44-41-,52-49+. The molecule has 0 aliphatic carbocycles. The van der Waals surface area contributed by atoms with Crippen LogP contribution < -0.4 is 10.2 Å². The third-order valence-corrected chi connectivity index (χ3v) is 13.0. The van der Waals surface area contributed by atoms with Crippen molar-refractivity contribution in [2.24, 2.45) is 0 Å². The van der Waals surface area contributed by atoms with Gasteiger partial charge in [0.15, 0.2) is 0 Å². The molecule has 1 N–H and O–H groups in total. The molecular formula is C61H107N2O7P. The predicted molar refractivity (Wildman–Crippen MR) is 302 cm³/mol. The van der Waals surface area contributed by atoms with Crippen molar-refractivity contribution in [2.45, 2.75) is 238 Å². The average Bonchev–Trinajstić information content (AvgIpc) is 3.33. The van der Waals surface area contributed by atoms with Crippen LogP contribution in [0.25, 0.3) is 0 Å². The summed E-state index contributed by atoms with van der Waals surface area (Å²) in [5.74, 6) is -0.627. The lowest BCUT2D eigenvalue weighted by Gasteiger charge is -2.30. The van der Waals surface area contributed by atoms with Crippen molar-refractivity contribution in [3.8, 4) is 0 Å². The molecule has 3 unspecified atom stereocenters. The molecule has 10 heteroatoms. The Morgan fingerprint density at radius 1 is 0.521 bits per heavy atom. The molecular weight excluding hydrogens is 904 g/mol. The molecule has 0 radical (unpaired) electrons. The zero-order valence-corrected chi connectivity index (χ0v) is 47.3. The molecule has 0 aliphatic heterocycles. The first-order chi connectivity index (χ1) is 34.4. The number of phosphoric ester groups is 1. The van der Waals surface area contributed by atoms with E-state index >= 15 is 0 Å². The van der Waals surface area contributed by atoms with E-state index in [4.69, 9.17) is 13.8 Å². The van der Waals surface area contributed by atoms with E-state index in [9.17, 15) is 19.0 Å². The largest absolute Gasteiger partial charge is 0.756 e. The lowest BCUT2D eigenvalue weighted by Crippen LogP contribution is -2.47. The van der Waals surface area contributed by atoms with Gasteiger partial charge < -0.3 is 28.5 Å². The fourth-order valence-electron chi connectivity index (χ4n) is 7.63. The van der Waals surface area contributed by atoms with Gasteiger partial charge in [-0.05, 0) is 89.5 Å². The number of ether oxygens (including phenoxy) is 1. The van der Waals surface area contributed by atoms with Gasteiger partial charge in [0.05, 0.1) is 33.8 Å². The summed E-state index contributed by atoms with van der Waals surface area (Å²) in [6, 6.07) is -0.926. The Morgan fingerprint density at radius 2 is 0.972 bits per heavy atom. The van der Waals surface area contributed by atoms with Crippen molar-refractivity contribution in [3.05, 3.63) is 97.2 Å². The zero-order valence-electron chi connectivity index (χ0n) is 46.4. The highest BCUT2D eigenvalue weighted by Crippen LogP contribution is 2.38. The molecule has 0 rings (SSSR count). The maximum absolute atomic E-state index is 13.5. The summed E-state index contributed by atoms with van der Waals surface area (Å²) >= 11 is 0. The Labute approximate surface area is 437 Å². The minimum atomic E-state index is -4.72. The number of nitrogens with one attached hydrogen (secondary N) is 1. The molecule has 0 saturated carbocycles. The molecule has 71 heavy (non-hydrogen) atoms. The third-order valence-electron chi connectivity index (χ3n) is 12.1. The molecule has 9 nitrogen and oxygen atoms in total. The highest BCUT2D eigenvalue weighted by atomic mass is 31.2. The van der Waals surface area contributed by atoms with E-state index in [0.29, 0.717) is 23.9 Å². The molecule has 3 atom stereocenters. The minimum Gasteiger partial charge on any atom is -0.756 e. The Balaban J connectivity index is 5.50. The van der Waals surface area contributed by atoms with E-state index in [2.05, 4.69) is 111 Å². The number of rotatable bonds is 50. The van der Waals surface area contributed by atoms with Crippen molar-refractivity contribution in [3.63, 3.8) is 0 Å². The number of unbranched alkanes of at least 4 members (excludes halogenated alkanes) is 22. The van der Waals surface area contributed by atoms with Gasteiger partial charge in [0.2, 0.25) is 5.91 Å². The molecule has 0 aromatic heterocycles. The van der Waals surface area contributed by atoms with Gasteiger partial charge in [0.1, 0.15) is 19.3 Å². The second kappa shape index (κ2) is 50.5. The van der Waals surface area contributed by atoms with Gasteiger partial charge in [-0.2, -0.15) is 0 Å². The van der Waals surface area contributed by atoms with Crippen LogP contribution in [-0.4, -0.2) is 69.4 Å². The van der Waals surface area contributed by atoms with E-state index in [1.165, 1.54) is 103 Å². The van der Waals surface area contributed by atoms with Crippen LogP contribution >= 0.6 is 7.82 Å². The predicted octanol–water partition coefficient (Wildman–Crippen LogP) is 16.6. The van der Waals surface area contributed by atoms with Gasteiger partial charge in [-0.3, -0.25) is 14.2 Å². The van der Waals surface area contributed by atoms with Crippen molar-refractivity contribution in [1.82, 2.24) is 5.32 Å². The Morgan fingerprint density at radius 3 is 1.52 bits per heavy atom. The average molecular weight is 1010 g/mol. The number of hydrogen-bond acceptors (Lipinski definition) is 7. The number of carbonyl (C=O) groups is 2. The lowest BCUT2D eigenvalue weighted by molar-refractivity contribution is -0.870. The number of phosphoric acid groups is 1. The number of likely N-dealkylation sites (N-methyl/N-ethyl adjacent to an activating group) is 1. The van der Waals surface area contributed by atoms with Crippen LogP contribution in [0.4, 0.5) is 0 Å². The van der Waals surface area contributed by atoms with Crippen LogP contribution in [0.1, 0.15) is 226 Å². The quantitative estimate of drug-likeness (QED) is 0.0161. The number of esters is 1. The Kier molecular flexibility index (Phi) is 48.3. The van der Waals surface area contributed by atoms with Gasteiger partial charge in [0.25, 0.3) is 7.82 Å². The van der Waals surface area contributed by atoms with Crippen molar-refractivity contribution >= 4 is 19.7 Å². The monoisotopic (exact) mass is 1010 g/mol. The Bertz CT molecular complexity index is 1540. The zero-order chi connectivity index (χ0) is 52.2. The molecule has 0 spiro atoms.